The summed E-state index contributed by atoms with van der Waals surface area (Å²) in [7, 11) is 1.83. The van der Waals surface area contributed by atoms with E-state index < -0.39 is 0 Å². The average molecular weight is 312 g/mol. The molecule has 1 aliphatic rings. The number of nitrogens with one attached hydrogen (secondary N) is 2. The van der Waals surface area contributed by atoms with Crippen LogP contribution in [0.1, 0.15) is 30.1 Å². The van der Waals surface area contributed by atoms with Gasteiger partial charge in [-0.15, -0.1) is 12.4 Å². The molecule has 0 saturated carbocycles. The maximum Gasteiger partial charge on any atom is 0.253 e. The van der Waals surface area contributed by atoms with E-state index in [4.69, 9.17) is 0 Å². The maximum absolute atomic E-state index is 12.4. The molecule has 21 heavy (non-hydrogen) atoms. The molecule has 1 saturated heterocycles. The van der Waals surface area contributed by atoms with Crippen molar-refractivity contribution in [2.24, 2.45) is 0 Å². The van der Waals surface area contributed by atoms with Gasteiger partial charge < -0.3 is 15.5 Å². The summed E-state index contributed by atoms with van der Waals surface area (Å²) >= 11 is 0. The maximum atomic E-state index is 12.4. The highest BCUT2D eigenvalue weighted by molar-refractivity contribution is 5.97. The van der Waals surface area contributed by atoms with Crippen LogP contribution in [0.15, 0.2) is 24.3 Å². The highest BCUT2D eigenvalue weighted by atomic mass is 35.5. The normalized spacial score (nSPS) is 17.0. The summed E-state index contributed by atoms with van der Waals surface area (Å²) in [6.07, 6.45) is 1.40. The molecule has 0 aromatic heterocycles. The molecule has 2 rings (SSSR count). The highest BCUT2D eigenvalue weighted by Crippen LogP contribution is 2.15. The molecule has 2 amide bonds. The van der Waals surface area contributed by atoms with Crippen molar-refractivity contribution in [2.75, 3.05) is 25.5 Å². The highest BCUT2D eigenvalue weighted by Gasteiger charge is 2.24. The summed E-state index contributed by atoms with van der Waals surface area (Å²) in [5.74, 6) is -0.0609. The number of likely N-dealkylation sites (N-methyl/N-ethyl adjacent to an activating group) is 1. The fraction of sp³-hybridized carbons (Fsp3) is 0.467. The van der Waals surface area contributed by atoms with Crippen molar-refractivity contribution >= 4 is 29.9 Å². The second-order valence-corrected chi connectivity index (χ2v) is 5.05. The van der Waals surface area contributed by atoms with E-state index in [1.54, 1.807) is 36.1 Å². The average Bonchev–Trinajstić information content (AvgIpc) is 3.00. The number of carbonyl (C=O) groups is 2. The Morgan fingerprint density at radius 1 is 1.43 bits per heavy atom. The van der Waals surface area contributed by atoms with Crippen molar-refractivity contribution < 1.29 is 9.59 Å². The van der Waals surface area contributed by atoms with Crippen LogP contribution >= 0.6 is 12.4 Å². The molecular formula is C15H22ClN3O2. The van der Waals surface area contributed by atoms with E-state index in [0.29, 0.717) is 17.7 Å². The Bertz CT molecular complexity index is 501. The number of rotatable bonds is 4. The Morgan fingerprint density at radius 2 is 2.19 bits per heavy atom. The Morgan fingerprint density at radius 3 is 2.81 bits per heavy atom. The zero-order valence-electron chi connectivity index (χ0n) is 12.4. The monoisotopic (exact) mass is 311 g/mol. The van der Waals surface area contributed by atoms with Gasteiger partial charge in [-0.1, -0.05) is 13.0 Å². The number of hydrogen-bond donors (Lipinski definition) is 2. The second-order valence-electron chi connectivity index (χ2n) is 5.05. The van der Waals surface area contributed by atoms with Gasteiger partial charge in [-0.2, -0.15) is 0 Å². The Labute approximate surface area is 131 Å². The van der Waals surface area contributed by atoms with E-state index in [2.05, 4.69) is 10.6 Å². The summed E-state index contributed by atoms with van der Waals surface area (Å²) in [6, 6.07) is 7.34. The van der Waals surface area contributed by atoms with Crippen molar-refractivity contribution in [3.8, 4) is 0 Å². The molecule has 0 radical (unpaired) electrons. The zero-order valence-corrected chi connectivity index (χ0v) is 13.2. The predicted molar refractivity (Wildman–Crippen MR) is 86.0 cm³/mol. The Hall–Kier alpha value is -1.59. The molecule has 0 aliphatic carbocycles. The topological polar surface area (TPSA) is 61.4 Å². The minimum absolute atomic E-state index is 0. The standard InChI is InChI=1S/C15H21N3O2.ClH/c1-3-14(19)17-12-6-4-5-11(9-12)15(20)18(2)13-7-8-16-10-13;/h4-6,9,13,16H,3,7-8,10H2,1-2H3,(H,17,19);1H. The number of amides is 2. The summed E-state index contributed by atoms with van der Waals surface area (Å²) in [5.41, 5.74) is 1.27. The lowest BCUT2D eigenvalue weighted by Gasteiger charge is -2.24. The van der Waals surface area contributed by atoms with Gasteiger partial charge >= 0.3 is 0 Å². The molecule has 1 atom stereocenters. The van der Waals surface area contributed by atoms with Gasteiger partial charge in [0, 0.05) is 37.3 Å². The first kappa shape index (κ1) is 17.5. The smallest absolute Gasteiger partial charge is 0.253 e. The van der Waals surface area contributed by atoms with Gasteiger partial charge in [-0.05, 0) is 31.2 Å². The molecule has 1 unspecified atom stereocenters. The molecule has 5 nitrogen and oxygen atoms in total. The molecular weight excluding hydrogens is 290 g/mol. The molecule has 1 aromatic carbocycles. The van der Waals surface area contributed by atoms with Crippen LogP contribution in [-0.2, 0) is 4.79 Å². The van der Waals surface area contributed by atoms with Gasteiger partial charge in [0.15, 0.2) is 0 Å². The first-order valence-corrected chi connectivity index (χ1v) is 6.99. The molecule has 2 N–H and O–H groups in total. The molecule has 116 valence electrons. The molecule has 1 fully saturated rings. The molecule has 1 aromatic rings. The van der Waals surface area contributed by atoms with Crippen LogP contribution in [-0.4, -0.2) is 42.9 Å². The number of anilines is 1. The van der Waals surface area contributed by atoms with E-state index in [1.807, 2.05) is 7.05 Å². The van der Waals surface area contributed by atoms with Crippen molar-refractivity contribution in [2.45, 2.75) is 25.8 Å². The number of hydrogen-bond acceptors (Lipinski definition) is 3. The number of benzene rings is 1. The van der Waals surface area contributed by atoms with Crippen LogP contribution in [0, 0.1) is 0 Å². The largest absolute Gasteiger partial charge is 0.337 e. The van der Waals surface area contributed by atoms with E-state index in [0.717, 1.165) is 19.5 Å². The first-order valence-electron chi connectivity index (χ1n) is 6.99. The van der Waals surface area contributed by atoms with Crippen LogP contribution < -0.4 is 10.6 Å². The summed E-state index contributed by atoms with van der Waals surface area (Å²) in [5, 5.41) is 6.03. The minimum Gasteiger partial charge on any atom is -0.337 e. The van der Waals surface area contributed by atoms with Crippen molar-refractivity contribution in [3.63, 3.8) is 0 Å². The van der Waals surface area contributed by atoms with Gasteiger partial charge in [0.2, 0.25) is 5.91 Å². The summed E-state index contributed by atoms with van der Waals surface area (Å²) in [4.78, 5) is 25.6. The minimum atomic E-state index is -0.0528. The lowest BCUT2D eigenvalue weighted by Crippen LogP contribution is -2.38. The second kappa shape index (κ2) is 8.00. The van der Waals surface area contributed by atoms with Gasteiger partial charge in [-0.25, -0.2) is 0 Å². The third kappa shape index (κ3) is 4.44. The molecule has 0 spiro atoms. The van der Waals surface area contributed by atoms with E-state index in [1.165, 1.54) is 0 Å². The SMILES string of the molecule is CCC(=O)Nc1cccc(C(=O)N(C)C2CCNC2)c1.Cl. The molecule has 1 aliphatic heterocycles. The fourth-order valence-electron chi connectivity index (χ4n) is 2.32. The molecule has 1 heterocycles. The van der Waals surface area contributed by atoms with Crippen LogP contribution in [0.4, 0.5) is 5.69 Å². The quantitative estimate of drug-likeness (QED) is 0.892. The predicted octanol–water partition coefficient (Wildman–Crippen LogP) is 1.89. The lowest BCUT2D eigenvalue weighted by atomic mass is 10.1. The van der Waals surface area contributed by atoms with Crippen molar-refractivity contribution in [1.82, 2.24) is 10.2 Å². The van der Waals surface area contributed by atoms with Crippen LogP contribution in [0.5, 0.6) is 0 Å². The van der Waals surface area contributed by atoms with Gasteiger partial charge in [0.1, 0.15) is 0 Å². The van der Waals surface area contributed by atoms with E-state index in [-0.39, 0.29) is 30.3 Å². The number of halogens is 1. The van der Waals surface area contributed by atoms with E-state index >= 15 is 0 Å². The molecule has 6 heteroatoms. The Kier molecular flexibility index (Phi) is 6.65. The summed E-state index contributed by atoms with van der Waals surface area (Å²) < 4.78 is 0. The Balaban J connectivity index is 0.00000220. The van der Waals surface area contributed by atoms with Crippen LogP contribution in [0.25, 0.3) is 0 Å². The van der Waals surface area contributed by atoms with Gasteiger partial charge in [0.05, 0.1) is 0 Å². The van der Waals surface area contributed by atoms with Crippen molar-refractivity contribution in [3.05, 3.63) is 29.8 Å². The third-order valence-electron chi connectivity index (χ3n) is 3.62. The van der Waals surface area contributed by atoms with Crippen LogP contribution in [0.2, 0.25) is 0 Å². The van der Waals surface area contributed by atoms with Crippen LogP contribution in [0.3, 0.4) is 0 Å². The van der Waals surface area contributed by atoms with Gasteiger partial charge in [-0.3, -0.25) is 9.59 Å². The van der Waals surface area contributed by atoms with Crippen molar-refractivity contribution in [1.29, 1.82) is 0 Å². The van der Waals surface area contributed by atoms with E-state index in [9.17, 15) is 9.59 Å². The summed E-state index contributed by atoms with van der Waals surface area (Å²) in [6.45, 7) is 3.59. The first-order chi connectivity index (χ1) is 9.61. The number of carbonyl (C=O) groups excluding carboxylic acids is 2. The van der Waals surface area contributed by atoms with Gasteiger partial charge in [0.25, 0.3) is 5.91 Å². The molecule has 0 bridgehead atoms. The lowest BCUT2D eigenvalue weighted by molar-refractivity contribution is -0.115. The third-order valence-corrected chi connectivity index (χ3v) is 3.62. The fourth-order valence-corrected chi connectivity index (χ4v) is 2.32. The zero-order chi connectivity index (χ0) is 14.5. The number of nitrogens with zero attached hydrogens (tertiary/aromatic N) is 1.